The van der Waals surface area contributed by atoms with Crippen LogP contribution in [0.5, 0.6) is 0 Å². The molecule has 0 aromatic heterocycles. The number of ketones is 1. The van der Waals surface area contributed by atoms with E-state index >= 15 is 0 Å². The summed E-state index contributed by atoms with van der Waals surface area (Å²) in [5.74, 6) is 0.577. The summed E-state index contributed by atoms with van der Waals surface area (Å²) in [5.41, 5.74) is 10.4. The largest absolute Gasteiger partial charge is 0.449 e. The van der Waals surface area contributed by atoms with Crippen molar-refractivity contribution in [3.8, 4) is 11.1 Å². The summed E-state index contributed by atoms with van der Waals surface area (Å²) in [7, 11) is 0. The third-order valence-electron chi connectivity index (χ3n) is 5.70. The fourth-order valence-corrected chi connectivity index (χ4v) is 3.97. The molecule has 0 radical (unpaired) electrons. The molecule has 0 heterocycles. The van der Waals surface area contributed by atoms with Gasteiger partial charge in [-0.05, 0) is 35.1 Å². The number of amidine groups is 1. The van der Waals surface area contributed by atoms with Gasteiger partial charge in [-0.25, -0.2) is 4.79 Å². The molecule has 6 heteroatoms. The lowest BCUT2D eigenvalue weighted by Gasteiger charge is -2.19. The van der Waals surface area contributed by atoms with E-state index in [4.69, 9.17) is 10.5 Å². The molecule has 3 rings (SSSR count). The predicted octanol–water partition coefficient (Wildman–Crippen LogP) is 4.42. The smallest absolute Gasteiger partial charge is 0.407 e. The van der Waals surface area contributed by atoms with Gasteiger partial charge in [-0.15, -0.1) is 0 Å². The van der Waals surface area contributed by atoms with Crippen LogP contribution in [0.1, 0.15) is 56.6 Å². The molecule has 0 saturated heterocycles. The van der Waals surface area contributed by atoms with E-state index in [1.807, 2.05) is 31.2 Å². The molecule has 1 aliphatic carbocycles. The van der Waals surface area contributed by atoms with Gasteiger partial charge in [0.25, 0.3) is 0 Å². The highest BCUT2D eigenvalue weighted by atomic mass is 16.5. The fourth-order valence-electron chi connectivity index (χ4n) is 3.97. The van der Waals surface area contributed by atoms with Crippen molar-refractivity contribution in [1.82, 2.24) is 5.32 Å². The van der Waals surface area contributed by atoms with Crippen LogP contribution in [-0.2, 0) is 9.53 Å². The van der Waals surface area contributed by atoms with Crippen LogP contribution >= 0.6 is 0 Å². The van der Waals surface area contributed by atoms with Crippen molar-refractivity contribution < 1.29 is 14.3 Å². The molecule has 1 aliphatic rings. The lowest BCUT2D eigenvalue weighted by Crippen LogP contribution is -2.41. The molecule has 6 nitrogen and oxygen atoms in total. The summed E-state index contributed by atoms with van der Waals surface area (Å²) in [6, 6.07) is 15.8. The van der Waals surface area contributed by atoms with Crippen LogP contribution in [0, 0.1) is 0 Å². The van der Waals surface area contributed by atoms with Gasteiger partial charge in [-0.2, -0.15) is 0 Å². The highest BCUT2D eigenvalue weighted by molar-refractivity contribution is 5.87. The van der Waals surface area contributed by atoms with E-state index in [1.54, 1.807) is 6.92 Å². The van der Waals surface area contributed by atoms with E-state index in [-0.39, 0.29) is 18.3 Å². The van der Waals surface area contributed by atoms with Gasteiger partial charge >= 0.3 is 6.09 Å². The zero-order chi connectivity index (χ0) is 22.2. The number of carbonyl (C=O) groups is 2. The van der Waals surface area contributed by atoms with Crippen LogP contribution in [-0.4, -0.2) is 36.9 Å². The zero-order valence-electron chi connectivity index (χ0n) is 18.3. The fraction of sp³-hybridized carbons (Fsp3) is 0.400. The van der Waals surface area contributed by atoms with E-state index in [1.165, 1.54) is 11.1 Å². The van der Waals surface area contributed by atoms with Gasteiger partial charge in [0.05, 0.1) is 11.9 Å². The van der Waals surface area contributed by atoms with Crippen molar-refractivity contribution in [2.45, 2.75) is 51.5 Å². The Morgan fingerprint density at radius 1 is 1.03 bits per heavy atom. The Balaban J connectivity index is 1.60. The quantitative estimate of drug-likeness (QED) is 0.337. The number of amides is 1. The molecule has 164 valence electrons. The number of nitrogens with zero attached hydrogens (tertiary/aromatic N) is 1. The Morgan fingerprint density at radius 3 is 2.23 bits per heavy atom. The number of ether oxygens (including phenoxy) is 1. The average molecular weight is 422 g/mol. The van der Waals surface area contributed by atoms with Crippen LogP contribution in [0.3, 0.4) is 0 Å². The maximum Gasteiger partial charge on any atom is 0.407 e. The Labute approximate surface area is 183 Å². The summed E-state index contributed by atoms with van der Waals surface area (Å²) < 4.78 is 5.58. The zero-order valence-corrected chi connectivity index (χ0v) is 18.3. The second kappa shape index (κ2) is 10.8. The molecule has 0 fully saturated rings. The van der Waals surface area contributed by atoms with E-state index in [2.05, 4.69) is 34.6 Å². The first-order chi connectivity index (χ1) is 15.0. The van der Waals surface area contributed by atoms with Crippen LogP contribution in [0.15, 0.2) is 53.5 Å². The van der Waals surface area contributed by atoms with E-state index < -0.39 is 12.1 Å². The number of hydrogen-bond donors (Lipinski definition) is 2. The van der Waals surface area contributed by atoms with E-state index in [0.29, 0.717) is 38.1 Å². The number of carbonyl (C=O) groups excluding carboxylic acids is 2. The molecule has 2 aromatic rings. The van der Waals surface area contributed by atoms with Gasteiger partial charge in [0, 0.05) is 25.3 Å². The standard InChI is InChI=1S/C25H31N3O3/c1-3-23(29)22(14-9-15-27-24(26)4-2)28-25(30)31-16-21-19-12-7-5-10-17(19)18-11-6-8-13-20(18)21/h5-8,10-13,21-22H,3-4,9,14-16H2,1-2H3,(H2,26,27)(H,28,30)/t22-/m0/s1. The van der Waals surface area contributed by atoms with Crippen LogP contribution < -0.4 is 11.1 Å². The number of fused-ring (bicyclic) bond motifs is 3. The molecule has 0 spiro atoms. The van der Waals surface area contributed by atoms with Crippen molar-refractivity contribution in [3.63, 3.8) is 0 Å². The first-order valence-electron chi connectivity index (χ1n) is 11.0. The number of aliphatic imine (C=N–C) groups is 1. The summed E-state index contributed by atoms with van der Waals surface area (Å²) in [5, 5.41) is 2.75. The molecule has 2 aromatic carbocycles. The van der Waals surface area contributed by atoms with Crippen molar-refractivity contribution >= 4 is 17.7 Å². The van der Waals surface area contributed by atoms with Crippen LogP contribution in [0.2, 0.25) is 0 Å². The normalized spacial score (nSPS) is 13.9. The van der Waals surface area contributed by atoms with E-state index in [0.717, 1.165) is 11.1 Å². The Kier molecular flexibility index (Phi) is 7.82. The van der Waals surface area contributed by atoms with Crippen molar-refractivity contribution in [3.05, 3.63) is 59.7 Å². The number of Topliss-reactive ketones (excluding diaryl/α,β-unsaturated/α-hetero) is 1. The molecular formula is C25H31N3O3. The number of nitrogens with two attached hydrogens (primary N) is 1. The molecule has 0 saturated carbocycles. The summed E-state index contributed by atoms with van der Waals surface area (Å²) in [4.78, 5) is 29.0. The Morgan fingerprint density at radius 2 is 1.65 bits per heavy atom. The number of nitrogens with one attached hydrogen (secondary N) is 1. The molecule has 0 bridgehead atoms. The summed E-state index contributed by atoms with van der Waals surface area (Å²) in [6.07, 6.45) is 1.67. The number of hydrogen-bond acceptors (Lipinski definition) is 4. The topological polar surface area (TPSA) is 93.8 Å². The van der Waals surface area contributed by atoms with Crippen molar-refractivity contribution in [2.75, 3.05) is 13.2 Å². The maximum absolute atomic E-state index is 12.5. The second-order valence-electron chi connectivity index (χ2n) is 7.71. The minimum atomic E-state index is -0.571. The monoisotopic (exact) mass is 421 g/mol. The minimum Gasteiger partial charge on any atom is -0.449 e. The molecule has 0 unspecified atom stereocenters. The predicted molar refractivity (Wildman–Crippen MR) is 123 cm³/mol. The molecule has 3 N–H and O–H groups in total. The van der Waals surface area contributed by atoms with Gasteiger partial charge < -0.3 is 15.8 Å². The summed E-state index contributed by atoms with van der Waals surface area (Å²) >= 11 is 0. The number of alkyl carbamates (subject to hydrolysis) is 1. The molecule has 0 aliphatic heterocycles. The molecular weight excluding hydrogens is 390 g/mol. The third kappa shape index (κ3) is 5.51. The highest BCUT2D eigenvalue weighted by Gasteiger charge is 2.29. The van der Waals surface area contributed by atoms with Gasteiger partial charge in [-0.1, -0.05) is 62.4 Å². The van der Waals surface area contributed by atoms with Crippen molar-refractivity contribution in [1.29, 1.82) is 0 Å². The first-order valence-corrected chi connectivity index (χ1v) is 11.0. The lowest BCUT2D eigenvalue weighted by atomic mass is 9.98. The van der Waals surface area contributed by atoms with E-state index in [9.17, 15) is 9.59 Å². The summed E-state index contributed by atoms with van der Waals surface area (Å²) in [6.45, 7) is 4.51. The highest BCUT2D eigenvalue weighted by Crippen LogP contribution is 2.44. The Hall–Kier alpha value is -3.15. The SMILES string of the molecule is CCC(=O)[C@H](CCCN=C(N)CC)NC(=O)OCC1c2ccccc2-c2ccccc21. The van der Waals surface area contributed by atoms with Gasteiger partial charge in [0.15, 0.2) is 5.78 Å². The molecule has 1 atom stereocenters. The average Bonchev–Trinajstić information content (AvgIpc) is 3.12. The van der Waals surface area contributed by atoms with Gasteiger partial charge in [0.1, 0.15) is 6.61 Å². The van der Waals surface area contributed by atoms with Crippen LogP contribution in [0.25, 0.3) is 11.1 Å². The van der Waals surface area contributed by atoms with Crippen molar-refractivity contribution in [2.24, 2.45) is 10.7 Å². The minimum absolute atomic E-state index is 0.00941. The van der Waals surface area contributed by atoms with Gasteiger partial charge in [0.2, 0.25) is 0 Å². The first kappa shape index (κ1) is 22.5. The maximum atomic E-state index is 12.5. The molecule has 31 heavy (non-hydrogen) atoms. The lowest BCUT2D eigenvalue weighted by molar-refractivity contribution is -0.120. The Bertz CT molecular complexity index is 909. The third-order valence-corrected chi connectivity index (χ3v) is 5.70. The van der Waals surface area contributed by atoms with Crippen LogP contribution in [0.4, 0.5) is 4.79 Å². The van der Waals surface area contributed by atoms with Gasteiger partial charge in [-0.3, -0.25) is 9.79 Å². The number of rotatable bonds is 10. The number of benzene rings is 2. The molecule has 1 amide bonds. The second-order valence-corrected chi connectivity index (χ2v) is 7.71.